The molecule has 5 nitrogen and oxygen atoms in total. The zero-order chi connectivity index (χ0) is 18.4. The van der Waals surface area contributed by atoms with Gasteiger partial charge in [-0.05, 0) is 43.4 Å². The number of carbonyl (C=O) groups is 2. The monoisotopic (exact) mass is 421 g/mol. The number of hydrogen-bond donors (Lipinski definition) is 1. The lowest BCUT2D eigenvalue weighted by atomic mass is 9.95. The molecule has 2 saturated heterocycles. The molecule has 2 aliphatic rings. The number of nitrogens with one attached hydrogen (secondary N) is 1. The fourth-order valence-electron chi connectivity index (χ4n) is 3.77. The van der Waals surface area contributed by atoms with Gasteiger partial charge in [0.25, 0.3) is 0 Å². The molecular formula is C20H28BrN3O2. The minimum Gasteiger partial charge on any atom is -0.342 e. The number of urea groups is 1. The van der Waals surface area contributed by atoms with Crippen molar-refractivity contribution in [3.8, 4) is 0 Å². The highest BCUT2D eigenvalue weighted by atomic mass is 79.9. The minimum absolute atomic E-state index is 0.0337. The number of amides is 3. The third-order valence-electron chi connectivity index (χ3n) is 5.41. The molecule has 0 aromatic heterocycles. The number of carbonyl (C=O) groups excluding carboxylic acids is 2. The number of nitrogens with zero attached hydrogens (tertiary/aromatic N) is 2. The number of benzene rings is 1. The first-order valence-electron chi connectivity index (χ1n) is 9.69. The molecule has 26 heavy (non-hydrogen) atoms. The van der Waals surface area contributed by atoms with Gasteiger partial charge in [-0.25, -0.2) is 4.79 Å². The van der Waals surface area contributed by atoms with Crippen molar-refractivity contribution in [3.05, 3.63) is 34.3 Å². The quantitative estimate of drug-likeness (QED) is 0.806. The zero-order valence-corrected chi connectivity index (χ0v) is 16.8. The normalized spacial score (nSPS) is 19.1. The van der Waals surface area contributed by atoms with Crippen molar-refractivity contribution < 1.29 is 9.59 Å². The van der Waals surface area contributed by atoms with Gasteiger partial charge in [0.15, 0.2) is 0 Å². The van der Waals surface area contributed by atoms with E-state index in [4.69, 9.17) is 0 Å². The summed E-state index contributed by atoms with van der Waals surface area (Å²) in [6.45, 7) is 3.67. The molecule has 0 atom stereocenters. The van der Waals surface area contributed by atoms with E-state index in [2.05, 4.69) is 26.1 Å². The van der Waals surface area contributed by atoms with Gasteiger partial charge in [-0.2, -0.15) is 0 Å². The fraction of sp³-hybridized carbons (Fsp3) is 0.600. The molecule has 0 bridgehead atoms. The number of halogens is 1. The molecule has 2 aliphatic heterocycles. The lowest BCUT2D eigenvalue weighted by molar-refractivity contribution is -0.136. The molecule has 2 heterocycles. The average Bonchev–Trinajstić information content (AvgIpc) is 2.96. The highest BCUT2D eigenvalue weighted by Crippen LogP contribution is 2.22. The largest absolute Gasteiger partial charge is 0.342 e. The second-order valence-electron chi connectivity index (χ2n) is 7.29. The van der Waals surface area contributed by atoms with Crippen molar-refractivity contribution in [2.75, 3.05) is 26.2 Å². The summed E-state index contributed by atoms with van der Waals surface area (Å²) in [5.74, 6) is 0.394. The maximum Gasteiger partial charge on any atom is 0.317 e. The summed E-state index contributed by atoms with van der Waals surface area (Å²) in [5, 5.41) is 2.98. The van der Waals surface area contributed by atoms with Gasteiger partial charge >= 0.3 is 6.03 Å². The first kappa shape index (κ1) is 19.2. The summed E-state index contributed by atoms with van der Waals surface area (Å²) < 4.78 is 1.03. The Morgan fingerprint density at radius 1 is 0.923 bits per heavy atom. The molecule has 3 amide bonds. The summed E-state index contributed by atoms with van der Waals surface area (Å²) in [7, 11) is 0. The number of rotatable bonds is 3. The smallest absolute Gasteiger partial charge is 0.317 e. The van der Waals surface area contributed by atoms with Crippen LogP contribution in [-0.4, -0.2) is 47.9 Å². The van der Waals surface area contributed by atoms with Crippen LogP contribution in [0.1, 0.15) is 44.1 Å². The fourth-order valence-corrected chi connectivity index (χ4v) is 4.03. The molecule has 0 aliphatic carbocycles. The van der Waals surface area contributed by atoms with Crippen LogP contribution in [-0.2, 0) is 11.3 Å². The third kappa shape index (κ3) is 5.22. The first-order valence-corrected chi connectivity index (χ1v) is 10.5. The lowest BCUT2D eigenvalue weighted by Gasteiger charge is -2.34. The Labute approximate surface area is 164 Å². The van der Waals surface area contributed by atoms with Crippen molar-refractivity contribution >= 4 is 27.9 Å². The van der Waals surface area contributed by atoms with E-state index in [-0.39, 0.29) is 11.9 Å². The molecule has 142 valence electrons. The van der Waals surface area contributed by atoms with Gasteiger partial charge in [0.1, 0.15) is 0 Å². The number of piperidine rings is 1. The molecule has 6 heteroatoms. The maximum absolute atomic E-state index is 12.7. The summed E-state index contributed by atoms with van der Waals surface area (Å²) in [5.41, 5.74) is 1.08. The molecular weight excluding hydrogens is 394 g/mol. The van der Waals surface area contributed by atoms with Crippen molar-refractivity contribution in [3.63, 3.8) is 0 Å². The molecule has 3 rings (SSSR count). The Hall–Kier alpha value is -1.56. The topological polar surface area (TPSA) is 52.7 Å². The second-order valence-corrected chi connectivity index (χ2v) is 8.20. The molecule has 0 radical (unpaired) electrons. The van der Waals surface area contributed by atoms with E-state index in [0.29, 0.717) is 25.5 Å². The minimum atomic E-state index is -0.0337. The van der Waals surface area contributed by atoms with Crippen LogP contribution in [0.2, 0.25) is 0 Å². The number of hydrogen-bond acceptors (Lipinski definition) is 2. The van der Waals surface area contributed by atoms with Crippen LogP contribution >= 0.6 is 15.9 Å². The molecule has 0 unspecified atom stereocenters. The average molecular weight is 422 g/mol. The van der Waals surface area contributed by atoms with Crippen LogP contribution in [0.4, 0.5) is 4.79 Å². The van der Waals surface area contributed by atoms with Gasteiger partial charge in [-0.15, -0.1) is 0 Å². The van der Waals surface area contributed by atoms with Gasteiger partial charge < -0.3 is 15.1 Å². The van der Waals surface area contributed by atoms with E-state index in [1.165, 1.54) is 12.8 Å². The van der Waals surface area contributed by atoms with E-state index >= 15 is 0 Å². The molecule has 1 aromatic carbocycles. The summed E-state index contributed by atoms with van der Waals surface area (Å²) in [6.07, 6.45) is 6.29. The second kappa shape index (κ2) is 9.40. The van der Waals surface area contributed by atoms with Crippen LogP contribution in [0.5, 0.6) is 0 Å². The van der Waals surface area contributed by atoms with Crippen LogP contribution in [0, 0.1) is 5.92 Å². The van der Waals surface area contributed by atoms with Crippen molar-refractivity contribution in [1.29, 1.82) is 0 Å². The molecule has 0 spiro atoms. The summed E-state index contributed by atoms with van der Waals surface area (Å²) in [4.78, 5) is 29.0. The van der Waals surface area contributed by atoms with E-state index in [1.807, 2.05) is 29.2 Å². The molecule has 1 aromatic rings. The first-order chi connectivity index (χ1) is 12.6. The molecule has 2 fully saturated rings. The van der Waals surface area contributed by atoms with Gasteiger partial charge in [-0.3, -0.25) is 4.79 Å². The van der Waals surface area contributed by atoms with Gasteiger partial charge in [0.05, 0.1) is 0 Å². The van der Waals surface area contributed by atoms with E-state index in [0.717, 1.165) is 48.8 Å². The summed E-state index contributed by atoms with van der Waals surface area (Å²) in [6, 6.07) is 7.91. The SMILES string of the molecule is O=C(NCc1ccc(Br)cc1)N1CCC(C(=O)N2CCCCCC2)CC1. The van der Waals surface area contributed by atoms with Crippen LogP contribution in [0.15, 0.2) is 28.7 Å². The van der Waals surface area contributed by atoms with E-state index in [1.54, 1.807) is 0 Å². The predicted octanol–water partition coefficient (Wildman–Crippen LogP) is 3.77. The Kier molecular flexibility index (Phi) is 6.94. The van der Waals surface area contributed by atoms with Crippen molar-refractivity contribution in [2.45, 2.75) is 45.1 Å². The summed E-state index contributed by atoms with van der Waals surface area (Å²) >= 11 is 3.41. The zero-order valence-electron chi connectivity index (χ0n) is 15.3. The molecule has 0 saturated carbocycles. The standard InChI is InChI=1S/C20H28BrN3O2/c21-18-7-5-16(6-8-18)15-22-20(26)24-13-9-17(10-14-24)19(25)23-11-3-1-2-4-12-23/h5-8,17H,1-4,9-15H2,(H,22,26). The predicted molar refractivity (Wildman–Crippen MR) is 106 cm³/mol. The Morgan fingerprint density at radius 3 is 2.15 bits per heavy atom. The maximum atomic E-state index is 12.7. The van der Waals surface area contributed by atoms with Gasteiger partial charge in [-0.1, -0.05) is 40.9 Å². The lowest BCUT2D eigenvalue weighted by Crippen LogP contribution is -2.47. The number of likely N-dealkylation sites (tertiary alicyclic amines) is 2. The van der Waals surface area contributed by atoms with E-state index < -0.39 is 0 Å². The highest BCUT2D eigenvalue weighted by Gasteiger charge is 2.30. The Morgan fingerprint density at radius 2 is 1.54 bits per heavy atom. The van der Waals surface area contributed by atoms with Crippen molar-refractivity contribution in [2.24, 2.45) is 5.92 Å². The van der Waals surface area contributed by atoms with E-state index in [9.17, 15) is 9.59 Å². The van der Waals surface area contributed by atoms with Gasteiger partial charge in [0.2, 0.25) is 5.91 Å². The van der Waals surface area contributed by atoms with Crippen LogP contribution < -0.4 is 5.32 Å². The Bertz CT molecular complexity index is 604. The third-order valence-corrected chi connectivity index (χ3v) is 5.93. The van der Waals surface area contributed by atoms with Crippen molar-refractivity contribution in [1.82, 2.24) is 15.1 Å². The van der Waals surface area contributed by atoms with Gasteiger partial charge in [0, 0.05) is 43.1 Å². The van der Waals surface area contributed by atoms with Crippen LogP contribution in [0.3, 0.4) is 0 Å². The molecule has 1 N–H and O–H groups in total. The highest BCUT2D eigenvalue weighted by molar-refractivity contribution is 9.10. The Balaban J connectivity index is 1.43. The van der Waals surface area contributed by atoms with Crippen LogP contribution in [0.25, 0.3) is 0 Å².